The number of carbonyl (C=O) groups excluding carboxylic acids is 6. The summed E-state index contributed by atoms with van der Waals surface area (Å²) in [6, 6.07) is 6.94. The summed E-state index contributed by atoms with van der Waals surface area (Å²) in [5.74, 6) is -3.20. The number of nitrogens with zero attached hydrogens (tertiary/aromatic N) is 2. The van der Waals surface area contributed by atoms with E-state index in [1.54, 1.807) is 36.4 Å². The normalized spacial score (nSPS) is 16.7. The molecule has 0 aromatic heterocycles. The van der Waals surface area contributed by atoms with Gasteiger partial charge in [-0.05, 0) is 61.7 Å². The number of likely N-dealkylation sites (N-methyl/N-ethyl adjacent to an activating group) is 1. The van der Waals surface area contributed by atoms with Gasteiger partial charge in [-0.3, -0.25) is 28.8 Å². The third-order valence-corrected chi connectivity index (χ3v) is 10.1. The van der Waals surface area contributed by atoms with Crippen LogP contribution >= 0.6 is 0 Å². The molecule has 11 N–H and O–H groups in total. The first kappa shape index (κ1) is 49.6. The number of hydrogen-bond acceptors (Lipinski definition) is 12. The van der Waals surface area contributed by atoms with Crippen molar-refractivity contribution in [3.05, 3.63) is 47.5 Å². The lowest BCUT2D eigenvalue weighted by molar-refractivity contribution is -0.143. The lowest BCUT2D eigenvalue weighted by atomic mass is 9.93. The van der Waals surface area contributed by atoms with Gasteiger partial charge in [-0.25, -0.2) is 0 Å². The van der Waals surface area contributed by atoms with Gasteiger partial charge in [0.15, 0.2) is 0 Å². The number of nitrogens with two attached hydrogens (primary N) is 3. The molecule has 1 heterocycles. The second kappa shape index (κ2) is 26.4. The van der Waals surface area contributed by atoms with E-state index in [0.717, 1.165) is 30.6 Å². The average Bonchev–Trinajstić information content (AvgIpc) is 3.24. The Labute approximate surface area is 358 Å². The van der Waals surface area contributed by atoms with Crippen molar-refractivity contribution >= 4 is 35.4 Å². The first-order chi connectivity index (χ1) is 29.4. The van der Waals surface area contributed by atoms with Crippen LogP contribution in [0.4, 0.5) is 0 Å². The Balaban J connectivity index is 2.03. The summed E-state index contributed by atoms with van der Waals surface area (Å²) in [6.45, 7) is 4.37. The Morgan fingerprint density at radius 2 is 1.49 bits per heavy atom. The second-order valence-corrected chi connectivity index (χ2v) is 14.9. The molecule has 4 atom stereocenters. The molecule has 0 unspecified atom stereocenters. The molecule has 18 heteroatoms. The van der Waals surface area contributed by atoms with Gasteiger partial charge >= 0.3 is 0 Å². The van der Waals surface area contributed by atoms with Gasteiger partial charge < -0.3 is 58.2 Å². The molecule has 3 rings (SSSR count). The van der Waals surface area contributed by atoms with Crippen LogP contribution in [0.15, 0.2) is 36.4 Å². The molecular weight excluding hydrogens is 785 g/mol. The highest BCUT2D eigenvalue weighted by Crippen LogP contribution is 2.40. The standard InChI is InChI=1S/C43H64N10O8/c1-4-5-6-7-8-9-10-20-48-37(54)27-38(55)51-33(15-16-44)43(59)53(3)39-30-12-14-36(61-23-19-47)32(26-30)31-24-29(11-13-35(31)60-22-18-46)25-34(41(57)49-21-17-45)52-40(56)28(2)50-42(39)58/h11-14,24,26,28,33-34,39H,4-10,15-16,18-23,25,27,44,46-47H2,1-3H3,(H,48,54)(H,49,57)(H,50,58)(H,51,55)(H,52,56)/t28-,33-,34-,39-/m0/s1. The lowest BCUT2D eigenvalue weighted by Gasteiger charge is -2.32. The third kappa shape index (κ3) is 15.6. The summed E-state index contributed by atoms with van der Waals surface area (Å²) in [7, 11) is 1.38. The summed E-state index contributed by atoms with van der Waals surface area (Å²) < 4.78 is 12.1. The molecule has 0 radical (unpaired) electrons. The van der Waals surface area contributed by atoms with E-state index in [9.17, 15) is 28.8 Å². The van der Waals surface area contributed by atoms with Crippen LogP contribution in [-0.2, 0) is 35.2 Å². The maximum atomic E-state index is 14.4. The minimum absolute atomic E-state index is 0.00148. The molecule has 0 fully saturated rings. The molecular formula is C43H64N10O8. The molecule has 334 valence electrons. The Morgan fingerprint density at radius 3 is 2.13 bits per heavy atom. The lowest BCUT2D eigenvalue weighted by Crippen LogP contribution is -2.56. The van der Waals surface area contributed by atoms with E-state index in [0.29, 0.717) is 40.3 Å². The Bertz CT molecular complexity index is 1840. The summed E-state index contributed by atoms with van der Waals surface area (Å²) in [6.07, 6.45) is 7.01. The quantitative estimate of drug-likeness (QED) is 0.0438. The van der Waals surface area contributed by atoms with Crippen molar-refractivity contribution < 1.29 is 38.2 Å². The molecule has 6 amide bonds. The summed E-state index contributed by atoms with van der Waals surface area (Å²) in [4.78, 5) is 82.5. The molecule has 0 aliphatic carbocycles. The van der Waals surface area contributed by atoms with E-state index in [1.165, 1.54) is 33.2 Å². The number of carbonyl (C=O) groups is 6. The van der Waals surface area contributed by atoms with E-state index < -0.39 is 66.0 Å². The van der Waals surface area contributed by atoms with E-state index in [-0.39, 0.29) is 52.2 Å². The summed E-state index contributed by atoms with van der Waals surface area (Å²) in [5.41, 5.74) is 19.3. The van der Waals surface area contributed by atoms with Gasteiger partial charge in [0.2, 0.25) is 35.4 Å². The van der Waals surface area contributed by atoms with Gasteiger partial charge in [-0.2, -0.15) is 5.26 Å². The van der Waals surface area contributed by atoms with Crippen molar-refractivity contribution in [3.63, 3.8) is 0 Å². The molecule has 1 aliphatic rings. The van der Waals surface area contributed by atoms with E-state index in [1.807, 2.05) is 6.07 Å². The fourth-order valence-electron chi connectivity index (χ4n) is 6.89. The van der Waals surface area contributed by atoms with E-state index >= 15 is 0 Å². The predicted octanol–water partition coefficient (Wildman–Crippen LogP) is 0.804. The molecule has 0 saturated heterocycles. The molecule has 1 aliphatic heterocycles. The van der Waals surface area contributed by atoms with Crippen LogP contribution in [0.2, 0.25) is 0 Å². The smallest absolute Gasteiger partial charge is 0.248 e. The van der Waals surface area contributed by atoms with Gasteiger partial charge in [-0.1, -0.05) is 57.6 Å². The SMILES string of the molecule is CCCCCCCCCNC(=O)CC(=O)N[C@@H](CCN)C(=O)N(C)[C@@H]1C(=O)N[C@@H](C)C(=O)N[C@H](C(=O)NCC#N)Cc2ccc(OCCN)c(c2)-c2cc1ccc2OCCN. The van der Waals surface area contributed by atoms with Crippen molar-refractivity contribution in [2.75, 3.05) is 53.0 Å². The van der Waals surface area contributed by atoms with Crippen LogP contribution in [0.3, 0.4) is 0 Å². The number of unbranched alkanes of at least 4 members (excludes halogenated alkanes) is 6. The maximum Gasteiger partial charge on any atom is 0.248 e. The van der Waals surface area contributed by atoms with E-state index in [2.05, 4.69) is 33.5 Å². The zero-order chi connectivity index (χ0) is 44.7. The highest BCUT2D eigenvalue weighted by atomic mass is 16.5. The minimum Gasteiger partial charge on any atom is -0.492 e. The maximum absolute atomic E-state index is 14.4. The Hall–Kier alpha value is -5.77. The minimum atomic E-state index is -1.40. The molecule has 61 heavy (non-hydrogen) atoms. The number of fused-ring (bicyclic) bond motifs is 5. The second-order valence-electron chi connectivity index (χ2n) is 14.9. The number of benzene rings is 2. The number of amides is 6. The van der Waals surface area contributed by atoms with Crippen molar-refractivity contribution in [1.29, 1.82) is 5.26 Å². The van der Waals surface area contributed by atoms with Gasteiger partial charge in [0.25, 0.3) is 0 Å². The van der Waals surface area contributed by atoms with E-state index in [4.69, 9.17) is 31.9 Å². The number of nitrogens with one attached hydrogen (secondary N) is 5. The molecule has 0 spiro atoms. The van der Waals surface area contributed by atoms with Crippen molar-refractivity contribution in [3.8, 4) is 28.7 Å². The molecule has 18 nitrogen and oxygen atoms in total. The van der Waals surface area contributed by atoms with Crippen molar-refractivity contribution in [1.82, 2.24) is 31.5 Å². The molecule has 2 aromatic rings. The van der Waals surface area contributed by atoms with Crippen molar-refractivity contribution in [2.45, 2.75) is 102 Å². The van der Waals surface area contributed by atoms with Gasteiger partial charge in [0.05, 0.1) is 6.07 Å². The highest BCUT2D eigenvalue weighted by molar-refractivity contribution is 6.00. The van der Waals surface area contributed by atoms with Crippen LogP contribution in [-0.4, -0.2) is 111 Å². The fourth-order valence-corrected chi connectivity index (χ4v) is 6.89. The van der Waals surface area contributed by atoms with Crippen LogP contribution in [0.1, 0.15) is 88.8 Å². The molecule has 2 aromatic carbocycles. The summed E-state index contributed by atoms with van der Waals surface area (Å²) >= 11 is 0. The summed E-state index contributed by atoms with van der Waals surface area (Å²) in [5, 5.41) is 22.4. The third-order valence-electron chi connectivity index (χ3n) is 10.1. The van der Waals surface area contributed by atoms with Gasteiger partial charge in [0, 0.05) is 44.2 Å². The zero-order valence-corrected chi connectivity index (χ0v) is 35.7. The van der Waals surface area contributed by atoms with Crippen LogP contribution < -0.4 is 53.3 Å². The zero-order valence-electron chi connectivity index (χ0n) is 35.7. The topological polar surface area (TPSA) is 286 Å². The number of rotatable bonds is 23. The Morgan fingerprint density at radius 1 is 0.852 bits per heavy atom. The van der Waals surface area contributed by atoms with Crippen LogP contribution in [0.5, 0.6) is 11.5 Å². The first-order valence-corrected chi connectivity index (χ1v) is 21.1. The predicted molar refractivity (Wildman–Crippen MR) is 230 cm³/mol. The highest BCUT2D eigenvalue weighted by Gasteiger charge is 2.36. The average molecular weight is 849 g/mol. The van der Waals surface area contributed by atoms with Gasteiger partial charge in [0.1, 0.15) is 61.8 Å². The number of ether oxygens (including phenoxy) is 2. The Kier molecular flexibility index (Phi) is 21.5. The van der Waals surface area contributed by atoms with Crippen LogP contribution in [0, 0.1) is 11.3 Å². The first-order valence-electron chi connectivity index (χ1n) is 21.1. The molecule has 4 bridgehead atoms. The number of hydrogen-bond donors (Lipinski definition) is 8. The molecule has 0 saturated carbocycles. The van der Waals surface area contributed by atoms with Gasteiger partial charge in [-0.15, -0.1) is 0 Å². The number of nitriles is 1. The monoisotopic (exact) mass is 848 g/mol. The van der Waals surface area contributed by atoms with Crippen molar-refractivity contribution in [2.24, 2.45) is 17.2 Å². The largest absolute Gasteiger partial charge is 0.492 e. The fraction of sp³-hybridized carbons (Fsp3) is 0.558. The van der Waals surface area contributed by atoms with Crippen LogP contribution in [0.25, 0.3) is 11.1 Å².